The maximum atomic E-state index is 11.7. The molecule has 2 aromatic rings. The Morgan fingerprint density at radius 3 is 3.00 bits per heavy atom. The zero-order chi connectivity index (χ0) is 11.5. The van der Waals surface area contributed by atoms with Gasteiger partial charge in [0.15, 0.2) is 0 Å². The normalized spacial score (nSPS) is 10.9. The highest BCUT2D eigenvalue weighted by molar-refractivity contribution is 9.10. The van der Waals surface area contributed by atoms with Crippen molar-refractivity contribution in [2.45, 2.75) is 12.8 Å². The van der Waals surface area contributed by atoms with Gasteiger partial charge in [0.05, 0.1) is 10.9 Å². The second kappa shape index (κ2) is 4.76. The minimum absolute atomic E-state index is 0.0930. The second-order valence-corrected chi connectivity index (χ2v) is 4.48. The molecule has 0 amide bonds. The van der Waals surface area contributed by atoms with Crippen LogP contribution in [0.25, 0.3) is 10.9 Å². The fourth-order valence-electron chi connectivity index (χ4n) is 1.55. The lowest BCUT2D eigenvalue weighted by Gasteiger charge is -2.02. The minimum Gasteiger partial charge on any atom is -0.330 e. The number of fused-ring (bicyclic) bond motifs is 1. The molecule has 0 aliphatic rings. The average molecular weight is 282 g/mol. The fourth-order valence-corrected chi connectivity index (χ4v) is 1.90. The number of nitrogens with one attached hydrogen (secondary N) is 1. The lowest BCUT2D eigenvalue weighted by molar-refractivity contribution is 0.782. The third-order valence-electron chi connectivity index (χ3n) is 2.34. The first-order valence-corrected chi connectivity index (χ1v) is 5.88. The SMILES string of the molecule is NCCCc1nc2cc(Br)ccc2c(=O)[nH]1. The molecule has 1 heterocycles. The summed E-state index contributed by atoms with van der Waals surface area (Å²) in [7, 11) is 0. The van der Waals surface area contributed by atoms with Gasteiger partial charge in [-0.15, -0.1) is 0 Å². The summed E-state index contributed by atoms with van der Waals surface area (Å²) >= 11 is 3.36. The van der Waals surface area contributed by atoms with E-state index >= 15 is 0 Å². The van der Waals surface area contributed by atoms with Crippen molar-refractivity contribution in [1.29, 1.82) is 0 Å². The molecule has 0 aliphatic heterocycles. The first kappa shape index (κ1) is 11.3. The van der Waals surface area contributed by atoms with Crippen LogP contribution < -0.4 is 11.3 Å². The van der Waals surface area contributed by atoms with E-state index in [9.17, 15) is 4.79 Å². The van der Waals surface area contributed by atoms with Crippen LogP contribution in [0.1, 0.15) is 12.2 Å². The van der Waals surface area contributed by atoms with Gasteiger partial charge in [0.25, 0.3) is 5.56 Å². The van der Waals surface area contributed by atoms with Crippen molar-refractivity contribution in [2.24, 2.45) is 5.73 Å². The number of aromatic nitrogens is 2. The number of aryl methyl sites for hydroxylation is 1. The van der Waals surface area contributed by atoms with E-state index in [4.69, 9.17) is 5.73 Å². The average Bonchev–Trinajstić information content (AvgIpc) is 2.25. The maximum absolute atomic E-state index is 11.7. The van der Waals surface area contributed by atoms with Crippen LogP contribution in [0.4, 0.5) is 0 Å². The molecule has 0 aliphatic carbocycles. The molecule has 0 spiro atoms. The zero-order valence-corrected chi connectivity index (χ0v) is 10.3. The number of rotatable bonds is 3. The Balaban J connectivity index is 2.52. The van der Waals surface area contributed by atoms with Crippen LogP contribution in [-0.2, 0) is 6.42 Å². The van der Waals surface area contributed by atoms with E-state index in [0.717, 1.165) is 10.9 Å². The quantitative estimate of drug-likeness (QED) is 0.897. The lowest BCUT2D eigenvalue weighted by atomic mass is 10.2. The van der Waals surface area contributed by atoms with Crippen LogP contribution in [-0.4, -0.2) is 16.5 Å². The Morgan fingerprint density at radius 1 is 1.44 bits per heavy atom. The van der Waals surface area contributed by atoms with E-state index in [1.807, 2.05) is 12.1 Å². The van der Waals surface area contributed by atoms with E-state index in [1.54, 1.807) is 6.07 Å². The number of nitrogens with two attached hydrogens (primary N) is 1. The van der Waals surface area contributed by atoms with Gasteiger partial charge in [0, 0.05) is 10.9 Å². The van der Waals surface area contributed by atoms with Gasteiger partial charge in [-0.25, -0.2) is 4.98 Å². The van der Waals surface area contributed by atoms with Gasteiger partial charge in [0.1, 0.15) is 5.82 Å². The number of hydrogen-bond donors (Lipinski definition) is 2. The molecule has 0 atom stereocenters. The molecular weight excluding hydrogens is 270 g/mol. The monoisotopic (exact) mass is 281 g/mol. The Morgan fingerprint density at radius 2 is 2.25 bits per heavy atom. The number of nitrogens with zero attached hydrogens (tertiary/aromatic N) is 1. The summed E-state index contributed by atoms with van der Waals surface area (Å²) in [6.07, 6.45) is 1.52. The molecule has 16 heavy (non-hydrogen) atoms. The molecular formula is C11H12BrN3O. The largest absolute Gasteiger partial charge is 0.330 e. The van der Waals surface area contributed by atoms with Crippen molar-refractivity contribution in [3.05, 3.63) is 38.9 Å². The molecule has 5 heteroatoms. The number of aromatic amines is 1. The summed E-state index contributed by atoms with van der Waals surface area (Å²) in [5, 5.41) is 0.611. The molecule has 0 fully saturated rings. The van der Waals surface area contributed by atoms with E-state index in [0.29, 0.717) is 29.7 Å². The summed E-state index contributed by atoms with van der Waals surface area (Å²) in [4.78, 5) is 18.9. The first-order chi connectivity index (χ1) is 7.70. The van der Waals surface area contributed by atoms with Gasteiger partial charge in [-0.2, -0.15) is 0 Å². The Hall–Kier alpha value is -1.20. The molecule has 0 saturated carbocycles. The Kier molecular flexibility index (Phi) is 3.36. The van der Waals surface area contributed by atoms with Crippen LogP contribution in [0, 0.1) is 0 Å². The summed E-state index contributed by atoms with van der Waals surface area (Å²) in [6.45, 7) is 0.597. The summed E-state index contributed by atoms with van der Waals surface area (Å²) in [5.74, 6) is 0.695. The van der Waals surface area contributed by atoms with Crippen LogP contribution in [0.15, 0.2) is 27.5 Å². The highest BCUT2D eigenvalue weighted by Gasteiger charge is 2.03. The standard InChI is InChI=1S/C11H12BrN3O/c12-7-3-4-8-9(6-7)14-10(2-1-5-13)15-11(8)16/h3-4,6H,1-2,5,13H2,(H,14,15,16). The van der Waals surface area contributed by atoms with Gasteiger partial charge in [-0.1, -0.05) is 15.9 Å². The first-order valence-electron chi connectivity index (χ1n) is 5.09. The van der Waals surface area contributed by atoms with Crippen LogP contribution in [0.3, 0.4) is 0 Å². The van der Waals surface area contributed by atoms with E-state index < -0.39 is 0 Å². The Bertz CT molecular complexity index is 565. The highest BCUT2D eigenvalue weighted by Crippen LogP contribution is 2.15. The van der Waals surface area contributed by atoms with Crippen molar-refractivity contribution in [1.82, 2.24) is 9.97 Å². The highest BCUT2D eigenvalue weighted by atomic mass is 79.9. The van der Waals surface area contributed by atoms with E-state index in [2.05, 4.69) is 25.9 Å². The smallest absolute Gasteiger partial charge is 0.258 e. The van der Waals surface area contributed by atoms with Crippen LogP contribution >= 0.6 is 15.9 Å². The molecule has 3 N–H and O–H groups in total. The van der Waals surface area contributed by atoms with Crippen LogP contribution in [0.5, 0.6) is 0 Å². The van der Waals surface area contributed by atoms with Crippen molar-refractivity contribution >= 4 is 26.8 Å². The van der Waals surface area contributed by atoms with E-state index in [-0.39, 0.29) is 5.56 Å². The summed E-state index contributed by atoms with van der Waals surface area (Å²) < 4.78 is 0.919. The maximum Gasteiger partial charge on any atom is 0.258 e. The number of halogens is 1. The van der Waals surface area contributed by atoms with Gasteiger partial charge in [-0.3, -0.25) is 4.79 Å². The molecule has 0 unspecified atom stereocenters. The van der Waals surface area contributed by atoms with Crippen molar-refractivity contribution in [2.75, 3.05) is 6.54 Å². The molecule has 0 saturated heterocycles. The predicted octanol–water partition coefficient (Wildman–Crippen LogP) is 1.58. The third-order valence-corrected chi connectivity index (χ3v) is 2.83. The molecule has 0 radical (unpaired) electrons. The molecule has 0 bridgehead atoms. The van der Waals surface area contributed by atoms with Gasteiger partial charge in [0.2, 0.25) is 0 Å². The van der Waals surface area contributed by atoms with Gasteiger partial charge >= 0.3 is 0 Å². The van der Waals surface area contributed by atoms with Crippen LogP contribution in [0.2, 0.25) is 0 Å². The number of hydrogen-bond acceptors (Lipinski definition) is 3. The lowest BCUT2D eigenvalue weighted by Crippen LogP contribution is -2.13. The topological polar surface area (TPSA) is 71.8 Å². The minimum atomic E-state index is -0.0930. The van der Waals surface area contributed by atoms with Gasteiger partial charge in [-0.05, 0) is 31.2 Å². The molecule has 1 aromatic carbocycles. The second-order valence-electron chi connectivity index (χ2n) is 3.57. The van der Waals surface area contributed by atoms with Crippen molar-refractivity contribution in [3.8, 4) is 0 Å². The molecule has 2 rings (SSSR count). The summed E-state index contributed by atoms with van der Waals surface area (Å²) in [5.41, 5.74) is 6.04. The van der Waals surface area contributed by atoms with E-state index in [1.165, 1.54) is 0 Å². The third kappa shape index (κ3) is 2.31. The number of benzene rings is 1. The Labute approximate surface area is 101 Å². The fraction of sp³-hybridized carbons (Fsp3) is 0.273. The molecule has 4 nitrogen and oxygen atoms in total. The zero-order valence-electron chi connectivity index (χ0n) is 8.66. The van der Waals surface area contributed by atoms with Gasteiger partial charge < -0.3 is 10.7 Å². The van der Waals surface area contributed by atoms with Crippen molar-refractivity contribution in [3.63, 3.8) is 0 Å². The van der Waals surface area contributed by atoms with Crippen molar-refractivity contribution < 1.29 is 0 Å². The molecule has 84 valence electrons. The predicted molar refractivity (Wildman–Crippen MR) is 67.4 cm³/mol. The molecule has 1 aromatic heterocycles. The number of H-pyrrole nitrogens is 1. The summed E-state index contributed by atoms with van der Waals surface area (Å²) in [6, 6.07) is 5.44.